The highest BCUT2D eigenvalue weighted by atomic mass is 16.5. The Kier molecular flexibility index (Phi) is 4.94. The summed E-state index contributed by atoms with van der Waals surface area (Å²) in [6.45, 7) is 8.88. The van der Waals surface area contributed by atoms with Crippen molar-refractivity contribution in [3.8, 4) is 0 Å². The lowest BCUT2D eigenvalue weighted by Crippen LogP contribution is -2.59. The SMILES string of the molecule is CC1(OCC(=O)NCCN2CCOCC2)CNC1. The average Bonchev–Trinajstić information content (AvgIpc) is 2.35. The summed E-state index contributed by atoms with van der Waals surface area (Å²) >= 11 is 0. The summed E-state index contributed by atoms with van der Waals surface area (Å²) in [5.74, 6) is -0.0311. The molecule has 6 nitrogen and oxygen atoms in total. The summed E-state index contributed by atoms with van der Waals surface area (Å²) in [7, 11) is 0. The summed E-state index contributed by atoms with van der Waals surface area (Å²) in [6, 6.07) is 0. The van der Waals surface area contributed by atoms with Gasteiger partial charge in [0.15, 0.2) is 0 Å². The van der Waals surface area contributed by atoms with E-state index in [0.29, 0.717) is 6.54 Å². The normalized spacial score (nSPS) is 23.4. The Morgan fingerprint density at radius 1 is 1.44 bits per heavy atom. The van der Waals surface area contributed by atoms with Crippen LogP contribution >= 0.6 is 0 Å². The predicted molar refractivity (Wildman–Crippen MR) is 67.5 cm³/mol. The largest absolute Gasteiger partial charge is 0.379 e. The summed E-state index contributed by atoms with van der Waals surface area (Å²) in [4.78, 5) is 13.9. The Hall–Kier alpha value is -0.690. The van der Waals surface area contributed by atoms with E-state index < -0.39 is 0 Å². The van der Waals surface area contributed by atoms with Crippen molar-refractivity contribution in [1.29, 1.82) is 0 Å². The fraction of sp³-hybridized carbons (Fsp3) is 0.917. The van der Waals surface area contributed by atoms with Crippen LogP contribution in [-0.4, -0.2) is 75.5 Å². The number of rotatable bonds is 6. The minimum absolute atomic E-state index is 0.0311. The van der Waals surface area contributed by atoms with Crippen LogP contribution in [0.15, 0.2) is 0 Å². The van der Waals surface area contributed by atoms with Crippen LogP contribution in [0.25, 0.3) is 0 Å². The molecule has 0 atom stereocenters. The summed E-state index contributed by atoms with van der Waals surface area (Å²) in [5, 5.41) is 6.02. The molecule has 104 valence electrons. The first-order chi connectivity index (χ1) is 8.68. The minimum Gasteiger partial charge on any atom is -0.379 e. The smallest absolute Gasteiger partial charge is 0.246 e. The van der Waals surface area contributed by atoms with Crippen molar-refractivity contribution in [2.24, 2.45) is 0 Å². The number of hydrogen-bond acceptors (Lipinski definition) is 5. The highest BCUT2D eigenvalue weighted by Crippen LogP contribution is 2.14. The molecule has 0 saturated carbocycles. The molecule has 1 amide bonds. The molecule has 2 aliphatic rings. The fourth-order valence-electron chi connectivity index (χ4n) is 2.05. The molecule has 2 N–H and O–H groups in total. The second-order valence-corrected chi connectivity index (χ2v) is 5.15. The third-order valence-corrected chi connectivity index (χ3v) is 3.40. The number of hydrogen-bond donors (Lipinski definition) is 2. The summed E-state index contributed by atoms with van der Waals surface area (Å²) < 4.78 is 10.8. The van der Waals surface area contributed by atoms with E-state index in [0.717, 1.165) is 45.9 Å². The molecule has 0 aromatic carbocycles. The Labute approximate surface area is 108 Å². The van der Waals surface area contributed by atoms with E-state index in [2.05, 4.69) is 15.5 Å². The van der Waals surface area contributed by atoms with Crippen molar-refractivity contribution in [1.82, 2.24) is 15.5 Å². The first-order valence-corrected chi connectivity index (χ1v) is 6.59. The highest BCUT2D eigenvalue weighted by Gasteiger charge is 2.32. The van der Waals surface area contributed by atoms with Gasteiger partial charge < -0.3 is 20.1 Å². The molecule has 18 heavy (non-hydrogen) atoms. The number of amides is 1. The van der Waals surface area contributed by atoms with E-state index in [1.807, 2.05) is 6.92 Å². The van der Waals surface area contributed by atoms with Gasteiger partial charge in [0.05, 0.1) is 18.8 Å². The average molecular weight is 257 g/mol. The molecule has 0 aromatic rings. The number of nitrogens with zero attached hydrogens (tertiary/aromatic N) is 1. The highest BCUT2D eigenvalue weighted by molar-refractivity contribution is 5.77. The molecule has 0 spiro atoms. The zero-order valence-corrected chi connectivity index (χ0v) is 11.0. The standard InChI is InChI=1S/C12H23N3O3/c1-12(9-13-10-12)18-8-11(16)14-2-3-15-4-6-17-7-5-15/h13H,2-10H2,1H3,(H,14,16). The first kappa shape index (κ1) is 13.7. The third-order valence-electron chi connectivity index (χ3n) is 3.40. The van der Waals surface area contributed by atoms with Gasteiger partial charge in [0.25, 0.3) is 0 Å². The van der Waals surface area contributed by atoms with Crippen molar-refractivity contribution < 1.29 is 14.3 Å². The van der Waals surface area contributed by atoms with Crippen molar-refractivity contribution in [2.45, 2.75) is 12.5 Å². The Morgan fingerprint density at radius 2 is 2.17 bits per heavy atom. The molecule has 0 radical (unpaired) electrons. The van der Waals surface area contributed by atoms with Crippen LogP contribution in [-0.2, 0) is 14.3 Å². The van der Waals surface area contributed by atoms with Gasteiger partial charge in [-0.3, -0.25) is 9.69 Å². The monoisotopic (exact) mass is 257 g/mol. The van der Waals surface area contributed by atoms with E-state index in [1.165, 1.54) is 0 Å². The molecule has 0 aliphatic carbocycles. The van der Waals surface area contributed by atoms with Gasteiger partial charge in [-0.1, -0.05) is 0 Å². The van der Waals surface area contributed by atoms with Crippen LogP contribution in [0.2, 0.25) is 0 Å². The molecule has 2 rings (SSSR count). The molecule has 0 unspecified atom stereocenters. The maximum Gasteiger partial charge on any atom is 0.246 e. The zero-order valence-electron chi connectivity index (χ0n) is 11.0. The Balaban J connectivity index is 1.51. The second-order valence-electron chi connectivity index (χ2n) is 5.15. The van der Waals surface area contributed by atoms with Gasteiger partial charge in [0, 0.05) is 39.3 Å². The molecular formula is C12H23N3O3. The number of carbonyl (C=O) groups is 1. The van der Waals surface area contributed by atoms with Crippen molar-refractivity contribution in [2.75, 3.05) is 59.1 Å². The number of carbonyl (C=O) groups excluding carboxylic acids is 1. The van der Waals surface area contributed by atoms with E-state index in [1.54, 1.807) is 0 Å². The fourth-order valence-corrected chi connectivity index (χ4v) is 2.05. The first-order valence-electron chi connectivity index (χ1n) is 6.59. The maximum absolute atomic E-state index is 11.6. The predicted octanol–water partition coefficient (Wildman–Crippen LogP) is -1.19. The molecular weight excluding hydrogens is 234 g/mol. The summed E-state index contributed by atoms with van der Waals surface area (Å²) in [6.07, 6.45) is 0. The second kappa shape index (κ2) is 6.47. The van der Waals surface area contributed by atoms with E-state index >= 15 is 0 Å². The van der Waals surface area contributed by atoms with Gasteiger partial charge in [0.1, 0.15) is 6.61 Å². The lowest BCUT2D eigenvalue weighted by molar-refractivity contribution is -0.135. The molecule has 6 heteroatoms. The van der Waals surface area contributed by atoms with Gasteiger partial charge in [-0.25, -0.2) is 0 Å². The van der Waals surface area contributed by atoms with Crippen molar-refractivity contribution in [3.05, 3.63) is 0 Å². The van der Waals surface area contributed by atoms with E-state index in [9.17, 15) is 4.79 Å². The molecule has 0 bridgehead atoms. The lowest BCUT2D eigenvalue weighted by Gasteiger charge is -2.38. The van der Waals surface area contributed by atoms with E-state index in [-0.39, 0.29) is 18.1 Å². The zero-order chi connectivity index (χ0) is 12.8. The van der Waals surface area contributed by atoms with Crippen molar-refractivity contribution >= 4 is 5.91 Å². The number of morpholine rings is 1. The Morgan fingerprint density at radius 3 is 2.78 bits per heavy atom. The van der Waals surface area contributed by atoms with Crippen molar-refractivity contribution in [3.63, 3.8) is 0 Å². The van der Waals surface area contributed by atoms with Crippen LogP contribution < -0.4 is 10.6 Å². The minimum atomic E-state index is -0.151. The van der Waals surface area contributed by atoms with Crippen LogP contribution in [0.1, 0.15) is 6.92 Å². The lowest BCUT2D eigenvalue weighted by atomic mass is 10.0. The van der Waals surface area contributed by atoms with Crippen LogP contribution in [0.5, 0.6) is 0 Å². The molecule has 0 aromatic heterocycles. The van der Waals surface area contributed by atoms with Gasteiger partial charge >= 0.3 is 0 Å². The van der Waals surface area contributed by atoms with Gasteiger partial charge in [-0.2, -0.15) is 0 Å². The van der Waals surface area contributed by atoms with Gasteiger partial charge in [-0.15, -0.1) is 0 Å². The molecule has 2 heterocycles. The molecule has 2 saturated heterocycles. The van der Waals surface area contributed by atoms with E-state index in [4.69, 9.17) is 9.47 Å². The van der Waals surface area contributed by atoms with Crippen LogP contribution in [0.4, 0.5) is 0 Å². The Bertz CT molecular complexity index is 276. The summed E-state index contributed by atoms with van der Waals surface area (Å²) in [5.41, 5.74) is -0.151. The quantitative estimate of drug-likeness (QED) is 0.627. The molecule has 2 aliphatic heterocycles. The van der Waals surface area contributed by atoms with Gasteiger partial charge in [0.2, 0.25) is 5.91 Å². The van der Waals surface area contributed by atoms with Gasteiger partial charge in [-0.05, 0) is 6.92 Å². The topological polar surface area (TPSA) is 62.8 Å². The third kappa shape index (κ3) is 4.20. The maximum atomic E-state index is 11.6. The molecule has 2 fully saturated rings. The van der Waals surface area contributed by atoms with Crippen LogP contribution in [0.3, 0.4) is 0 Å². The number of ether oxygens (including phenoxy) is 2. The number of nitrogens with one attached hydrogen (secondary N) is 2. The van der Waals surface area contributed by atoms with Crippen LogP contribution in [0, 0.1) is 0 Å².